The maximum Gasteiger partial charge on any atom is 0.345 e. The predicted molar refractivity (Wildman–Crippen MR) is 74.8 cm³/mol. The van der Waals surface area contributed by atoms with Gasteiger partial charge in [0.05, 0.1) is 20.4 Å². The summed E-state index contributed by atoms with van der Waals surface area (Å²) in [5, 5.41) is 23.1. The van der Waals surface area contributed by atoms with Crippen molar-refractivity contribution < 1.29 is 14.6 Å². The molecule has 1 aromatic heterocycles. The van der Waals surface area contributed by atoms with Gasteiger partial charge in [0.1, 0.15) is 6.20 Å². The molecule has 0 bridgehead atoms. The first kappa shape index (κ1) is 14.8. The van der Waals surface area contributed by atoms with Crippen LogP contribution in [0.2, 0.25) is 5.02 Å². The van der Waals surface area contributed by atoms with Gasteiger partial charge in [0, 0.05) is 12.1 Å². The van der Waals surface area contributed by atoms with Crippen molar-refractivity contribution >= 4 is 44.7 Å². The molecule has 0 unspecified atom stereocenters. The lowest BCUT2D eigenvalue weighted by Crippen LogP contribution is -2.12. The van der Waals surface area contributed by atoms with E-state index in [-0.39, 0.29) is 26.4 Å². The lowest BCUT2D eigenvalue weighted by molar-refractivity contribution is -0.384. The number of hydrogen-bond acceptors (Lipinski definition) is 7. The zero-order chi connectivity index (χ0) is 15.6. The first-order valence-corrected chi connectivity index (χ1v) is 6.43. The van der Waals surface area contributed by atoms with Crippen LogP contribution in [-0.4, -0.2) is 20.7 Å². The Morgan fingerprint density at radius 1 is 1.29 bits per heavy atom. The molecule has 9 nitrogen and oxygen atoms in total. The number of aromatic nitrogens is 1. The van der Waals surface area contributed by atoms with Crippen LogP contribution >= 0.6 is 22.9 Å². The van der Waals surface area contributed by atoms with Gasteiger partial charge in [0.25, 0.3) is 11.6 Å². The number of benzene rings is 1. The molecule has 108 valence electrons. The van der Waals surface area contributed by atoms with Gasteiger partial charge in [0.15, 0.2) is 5.13 Å². The second kappa shape index (κ2) is 5.81. The normalized spacial score (nSPS) is 10.1. The molecule has 0 aliphatic heterocycles. The molecule has 1 N–H and O–H groups in total. The standard InChI is InChI=1S/C10H5ClN4O5S/c11-7-3-5(14(17)18)1-2-6(7)9(16)13-10-12-4-8(21-10)15(19)20/h1-4H,(H,12,13,16). The van der Waals surface area contributed by atoms with E-state index in [2.05, 4.69) is 10.3 Å². The van der Waals surface area contributed by atoms with E-state index < -0.39 is 15.8 Å². The Labute approximate surface area is 125 Å². The van der Waals surface area contributed by atoms with Crippen molar-refractivity contribution in [3.05, 3.63) is 55.2 Å². The minimum absolute atomic E-state index is 0.000111. The van der Waals surface area contributed by atoms with E-state index in [0.717, 1.165) is 18.3 Å². The first-order chi connectivity index (χ1) is 9.88. The van der Waals surface area contributed by atoms with E-state index >= 15 is 0 Å². The largest absolute Gasteiger partial charge is 0.345 e. The van der Waals surface area contributed by atoms with Gasteiger partial charge in [-0.25, -0.2) is 4.98 Å². The fraction of sp³-hybridized carbons (Fsp3) is 0. The zero-order valence-electron chi connectivity index (χ0n) is 9.98. The Kier molecular flexibility index (Phi) is 4.10. The number of halogens is 1. The molecule has 1 aromatic carbocycles. The van der Waals surface area contributed by atoms with E-state index in [9.17, 15) is 25.0 Å². The van der Waals surface area contributed by atoms with Crippen LogP contribution in [0.4, 0.5) is 15.8 Å². The predicted octanol–water partition coefficient (Wildman–Crippen LogP) is 2.87. The quantitative estimate of drug-likeness (QED) is 0.678. The summed E-state index contributed by atoms with van der Waals surface area (Å²) < 4.78 is 0. The molecule has 21 heavy (non-hydrogen) atoms. The molecule has 0 aliphatic rings. The summed E-state index contributed by atoms with van der Waals surface area (Å²) in [5.74, 6) is -0.667. The highest BCUT2D eigenvalue weighted by Crippen LogP contribution is 2.27. The first-order valence-electron chi connectivity index (χ1n) is 5.24. The minimum atomic E-state index is -0.667. The number of nitrogens with zero attached hydrogens (tertiary/aromatic N) is 3. The number of thiazole rings is 1. The summed E-state index contributed by atoms with van der Waals surface area (Å²) in [4.78, 5) is 35.4. The SMILES string of the molecule is O=C(Nc1ncc([N+](=O)[O-])s1)c1ccc([N+](=O)[O-])cc1Cl. The fourth-order valence-corrected chi connectivity index (χ4v) is 2.26. The van der Waals surface area contributed by atoms with Crippen LogP contribution in [0.1, 0.15) is 10.4 Å². The molecule has 0 spiro atoms. The molecule has 1 heterocycles. The monoisotopic (exact) mass is 328 g/mol. The van der Waals surface area contributed by atoms with Gasteiger partial charge in [-0.05, 0) is 17.4 Å². The van der Waals surface area contributed by atoms with Gasteiger partial charge in [-0.2, -0.15) is 0 Å². The van der Waals surface area contributed by atoms with Crippen LogP contribution in [0.5, 0.6) is 0 Å². The maximum absolute atomic E-state index is 11.9. The molecule has 0 fully saturated rings. The molecular weight excluding hydrogens is 324 g/mol. The van der Waals surface area contributed by atoms with Gasteiger partial charge >= 0.3 is 5.00 Å². The summed E-state index contributed by atoms with van der Waals surface area (Å²) in [6.45, 7) is 0. The summed E-state index contributed by atoms with van der Waals surface area (Å²) in [6.07, 6.45) is 1.01. The number of anilines is 1. The molecule has 0 atom stereocenters. The Bertz CT molecular complexity index is 747. The van der Waals surface area contributed by atoms with Crippen LogP contribution < -0.4 is 5.32 Å². The second-order valence-corrected chi connectivity index (χ2v) is 5.05. The third-order valence-corrected chi connectivity index (χ3v) is 3.48. The van der Waals surface area contributed by atoms with Crippen LogP contribution in [0.15, 0.2) is 24.4 Å². The number of rotatable bonds is 4. The third-order valence-electron chi connectivity index (χ3n) is 2.30. The number of amides is 1. The third kappa shape index (κ3) is 3.30. The summed E-state index contributed by atoms with van der Waals surface area (Å²) in [6, 6.07) is 3.36. The Hall–Kier alpha value is -2.59. The molecule has 0 radical (unpaired) electrons. The van der Waals surface area contributed by atoms with Crippen molar-refractivity contribution in [1.82, 2.24) is 4.98 Å². The molecule has 11 heteroatoms. The fourth-order valence-electron chi connectivity index (χ4n) is 1.37. The van der Waals surface area contributed by atoms with Gasteiger partial charge in [0.2, 0.25) is 0 Å². The van der Waals surface area contributed by atoms with Crippen LogP contribution in [0.25, 0.3) is 0 Å². The van der Waals surface area contributed by atoms with Gasteiger partial charge < -0.3 is 0 Å². The molecular formula is C10H5ClN4O5S. The number of nitrogens with one attached hydrogen (secondary N) is 1. The molecule has 0 saturated carbocycles. The van der Waals surface area contributed by atoms with Gasteiger partial charge in [-0.1, -0.05) is 11.6 Å². The molecule has 2 aromatic rings. The highest BCUT2D eigenvalue weighted by Gasteiger charge is 2.18. The Morgan fingerprint density at radius 3 is 2.52 bits per heavy atom. The van der Waals surface area contributed by atoms with Crippen molar-refractivity contribution in [3.8, 4) is 0 Å². The van der Waals surface area contributed by atoms with Crippen molar-refractivity contribution in [3.63, 3.8) is 0 Å². The maximum atomic E-state index is 11.9. The van der Waals surface area contributed by atoms with Crippen LogP contribution in [0.3, 0.4) is 0 Å². The van der Waals surface area contributed by atoms with Gasteiger partial charge in [-0.15, -0.1) is 0 Å². The van der Waals surface area contributed by atoms with Crippen molar-refractivity contribution in [2.75, 3.05) is 5.32 Å². The number of non-ortho nitro benzene ring substituents is 1. The van der Waals surface area contributed by atoms with Crippen molar-refractivity contribution in [2.45, 2.75) is 0 Å². The Morgan fingerprint density at radius 2 is 2.00 bits per heavy atom. The van der Waals surface area contributed by atoms with Crippen molar-refractivity contribution in [2.24, 2.45) is 0 Å². The lowest BCUT2D eigenvalue weighted by atomic mass is 10.2. The van der Waals surface area contributed by atoms with Crippen LogP contribution in [0, 0.1) is 20.2 Å². The van der Waals surface area contributed by atoms with Gasteiger partial charge in [-0.3, -0.25) is 30.3 Å². The van der Waals surface area contributed by atoms with E-state index in [1.807, 2.05) is 0 Å². The average molecular weight is 329 g/mol. The van der Waals surface area contributed by atoms with E-state index in [0.29, 0.717) is 11.3 Å². The smallest absolute Gasteiger partial charge is 0.298 e. The molecule has 0 aliphatic carbocycles. The summed E-state index contributed by atoms with van der Waals surface area (Å²) >= 11 is 6.48. The highest BCUT2D eigenvalue weighted by molar-refractivity contribution is 7.18. The number of carbonyl (C=O) groups is 1. The van der Waals surface area contributed by atoms with E-state index in [1.54, 1.807) is 0 Å². The highest BCUT2D eigenvalue weighted by atomic mass is 35.5. The topological polar surface area (TPSA) is 128 Å². The summed E-state index contributed by atoms with van der Waals surface area (Å²) in [7, 11) is 0. The number of carbonyl (C=O) groups excluding carboxylic acids is 1. The van der Waals surface area contributed by atoms with Crippen molar-refractivity contribution in [1.29, 1.82) is 0 Å². The number of nitro groups is 2. The summed E-state index contributed by atoms with van der Waals surface area (Å²) in [5.41, 5.74) is -0.249. The number of hydrogen-bond donors (Lipinski definition) is 1. The second-order valence-electron chi connectivity index (χ2n) is 3.64. The van der Waals surface area contributed by atoms with E-state index in [1.165, 1.54) is 6.07 Å². The molecule has 1 amide bonds. The molecule has 2 rings (SSSR count). The number of nitro benzene ring substituents is 1. The minimum Gasteiger partial charge on any atom is -0.298 e. The average Bonchev–Trinajstić information content (AvgIpc) is 2.87. The zero-order valence-corrected chi connectivity index (χ0v) is 11.6. The lowest BCUT2D eigenvalue weighted by Gasteiger charge is -2.03. The van der Waals surface area contributed by atoms with Crippen LogP contribution in [-0.2, 0) is 0 Å². The van der Waals surface area contributed by atoms with E-state index in [4.69, 9.17) is 11.6 Å². The molecule has 0 saturated heterocycles. The Balaban J connectivity index is 2.20.